The van der Waals surface area contributed by atoms with E-state index < -0.39 is 11.2 Å². The fourth-order valence-electron chi connectivity index (χ4n) is 7.52. The second kappa shape index (κ2) is 56.6. The molecule has 0 unspecified atom stereocenters. The van der Waals surface area contributed by atoms with Crippen molar-refractivity contribution in [2.45, 2.75) is 303 Å². The molecule has 0 aromatic heterocycles. The molecule has 9 nitrogen and oxygen atoms in total. The van der Waals surface area contributed by atoms with Crippen LogP contribution in [-0.2, 0) is 77.9 Å². The molecule has 0 amide bonds. The Morgan fingerprint density at radius 2 is 0.330 bits per heavy atom. The molecule has 0 fully saturated rings. The van der Waals surface area contributed by atoms with Crippen molar-refractivity contribution in [2.75, 3.05) is 41.4 Å². The monoisotopic (exact) mass is 1680 g/mol. The fourth-order valence-corrected chi connectivity index (χ4v) is 7.52. The van der Waals surface area contributed by atoms with Gasteiger partial charge in [0.25, 0.3) is 0 Å². The first-order valence-corrected chi connectivity index (χ1v) is 30.7. The SMILES string of the molecule is CC(C)O.CNC(C)(C)C(C)(C)O.CNC(C)(C)C(C)(C)O.CNC(C)(C)CO.CNC(C)(C)CO.Cc1c(C)c(C)c(C)c(C)c1C.Cc1c(C)c(C)c(C)c(C)c1C.Cc1c(C)c(C)c(C)c(C)c1C.Cc1c(C)c(C)c(C)c(C)c1C.[CH3-].[CH3-].[CH3-].[CH3-].[CH3-].[CH3-].[Ru+3].[Ru+3].[RuH+2].[RuH+2]. The first-order chi connectivity index (χ1) is 37.5. The standard InChI is InChI=1S/4C12H18.2C7H17NO.2C5H13NO.C3H8O.6CH3.4Ru.2H/c4*1-7-8(2)10(4)12(6)11(5)9(7)3;2*1-6(2,8-5)7(3,4)9;2*1-5(2,4-7)6-3;1-3(2)4;;;;;;;;;;;;/h4*1-6H3;2*8-9H,1-5H3;2*6-7H,4H2,1-3H3;3-4H,1-2H3;6*1H3;;;;;;/q;;;;;;;;;6*-1;2*+2;2*+3;;. The minimum atomic E-state index is -0.665. The normalized spacial score (nSPS) is 10.2. The van der Waals surface area contributed by atoms with E-state index in [-0.39, 0.29) is 164 Å². The molecule has 0 aliphatic carbocycles. The van der Waals surface area contributed by atoms with E-state index in [2.05, 4.69) is 187 Å². The van der Waals surface area contributed by atoms with Gasteiger partial charge < -0.3 is 91.4 Å². The molecule has 0 aliphatic rings. The van der Waals surface area contributed by atoms with Crippen LogP contribution in [-0.4, -0.2) is 106 Å². The zero-order chi connectivity index (χ0) is 68.7. The molecule has 13 heteroatoms. The summed E-state index contributed by atoms with van der Waals surface area (Å²) in [5.74, 6) is 0. The number of benzene rings is 4. The van der Waals surface area contributed by atoms with Gasteiger partial charge in [-0.2, -0.15) is 0 Å². The molecule has 9 N–H and O–H groups in total. The molecule has 4 aromatic carbocycles. The third kappa shape index (κ3) is 43.0. The number of hydrogen-bond acceptors (Lipinski definition) is 9. The van der Waals surface area contributed by atoms with E-state index in [1.54, 1.807) is 41.5 Å². The summed E-state index contributed by atoms with van der Waals surface area (Å²) in [6.45, 7) is 79.7. The molecular weight excluding hydrogens is 1510 g/mol. The van der Waals surface area contributed by atoms with Gasteiger partial charge in [-0.25, -0.2) is 0 Å². The van der Waals surface area contributed by atoms with E-state index in [4.69, 9.17) is 15.3 Å². The van der Waals surface area contributed by atoms with Crippen LogP contribution >= 0.6 is 0 Å². The van der Waals surface area contributed by atoms with Crippen molar-refractivity contribution in [1.29, 1.82) is 0 Å². The summed E-state index contributed by atoms with van der Waals surface area (Å²) < 4.78 is 0. The van der Waals surface area contributed by atoms with Crippen molar-refractivity contribution in [1.82, 2.24) is 21.3 Å². The van der Waals surface area contributed by atoms with Gasteiger partial charge in [0.2, 0.25) is 0 Å². The Morgan fingerprint density at radius 3 is 0.340 bits per heavy atom. The van der Waals surface area contributed by atoms with Gasteiger partial charge in [0.05, 0.1) is 24.4 Å². The third-order valence-corrected chi connectivity index (χ3v) is 20.0. The number of aliphatic hydroxyl groups excluding tert-OH is 3. The van der Waals surface area contributed by atoms with Crippen molar-refractivity contribution in [2.24, 2.45) is 0 Å². The van der Waals surface area contributed by atoms with E-state index in [0.29, 0.717) is 0 Å². The topological polar surface area (TPSA) is 149 Å². The molecule has 0 saturated heterocycles. The van der Waals surface area contributed by atoms with Crippen LogP contribution in [0.1, 0.15) is 230 Å². The van der Waals surface area contributed by atoms with Gasteiger partial charge in [-0.05, 0) is 425 Å². The van der Waals surface area contributed by atoms with Crippen molar-refractivity contribution in [3.8, 4) is 0 Å². The third-order valence-electron chi connectivity index (χ3n) is 20.0. The second-order valence-electron chi connectivity index (χ2n) is 27.5. The molecule has 0 aliphatic heterocycles. The molecule has 94 heavy (non-hydrogen) atoms. The summed E-state index contributed by atoms with van der Waals surface area (Å²) >= 11 is 0. The van der Waals surface area contributed by atoms with Crippen LogP contribution in [0, 0.1) is 211 Å². The van der Waals surface area contributed by atoms with Gasteiger partial charge in [0, 0.05) is 28.3 Å². The quantitative estimate of drug-likeness (QED) is 0.0621. The Kier molecular flexibility index (Phi) is 78.0. The minimum absolute atomic E-state index is 0. The number of nitrogens with one attached hydrogen (secondary N) is 4. The number of hydrogen-bond donors (Lipinski definition) is 9. The van der Waals surface area contributed by atoms with E-state index >= 15 is 0 Å². The number of rotatable bonds is 8. The summed E-state index contributed by atoms with van der Waals surface area (Å²) in [5.41, 5.74) is 32.9. The van der Waals surface area contributed by atoms with Crippen LogP contribution in [0.5, 0.6) is 0 Å². The molecule has 0 bridgehead atoms. The second-order valence-corrected chi connectivity index (χ2v) is 27.5. The van der Waals surface area contributed by atoms with E-state index in [1.165, 1.54) is 134 Å². The van der Waals surface area contributed by atoms with Crippen LogP contribution in [0.25, 0.3) is 0 Å². The van der Waals surface area contributed by atoms with Crippen molar-refractivity contribution >= 4 is 0 Å². The van der Waals surface area contributed by atoms with Crippen LogP contribution in [0.4, 0.5) is 0 Å². The molecule has 2 radical (unpaired) electrons. The van der Waals surface area contributed by atoms with Gasteiger partial charge in [-0.15, -0.1) is 0 Å². The van der Waals surface area contributed by atoms with Crippen LogP contribution in [0.3, 0.4) is 0 Å². The van der Waals surface area contributed by atoms with E-state index in [0.717, 1.165) is 0 Å². The molecule has 4 rings (SSSR count). The average molecular weight is 1670 g/mol. The Balaban J connectivity index is -0.0000000574. The number of aliphatic hydroxyl groups is 5. The summed E-state index contributed by atoms with van der Waals surface area (Å²) in [4.78, 5) is 0. The van der Waals surface area contributed by atoms with Gasteiger partial charge in [-0.3, -0.25) is 0 Å². The van der Waals surface area contributed by atoms with Crippen LogP contribution in [0.15, 0.2) is 0 Å². The zero-order valence-electron chi connectivity index (χ0n) is 70.7. The van der Waals surface area contributed by atoms with E-state index in [9.17, 15) is 10.2 Å². The first-order valence-electron chi connectivity index (χ1n) is 30.7. The zero-order valence-corrected chi connectivity index (χ0v) is 77.9. The Labute approximate surface area is 641 Å². The molecule has 562 valence electrons. The van der Waals surface area contributed by atoms with Gasteiger partial charge >= 0.3 is 77.9 Å². The summed E-state index contributed by atoms with van der Waals surface area (Å²) in [6.07, 6.45) is -0.167. The summed E-state index contributed by atoms with van der Waals surface area (Å²) in [7, 11) is 7.35. The van der Waals surface area contributed by atoms with Gasteiger partial charge in [0.1, 0.15) is 0 Å². The van der Waals surface area contributed by atoms with Crippen LogP contribution in [0.2, 0.25) is 0 Å². The maximum absolute atomic E-state index is 9.48. The Hall–Kier alpha value is -0.986. The fraction of sp³-hybridized carbons (Fsp3) is 0.630. The van der Waals surface area contributed by atoms with Gasteiger partial charge in [0.15, 0.2) is 0 Å². The Morgan fingerprint density at radius 1 is 0.255 bits per heavy atom. The van der Waals surface area contributed by atoms with Gasteiger partial charge in [-0.1, -0.05) is 0 Å². The van der Waals surface area contributed by atoms with Crippen molar-refractivity contribution < 1.29 is 103 Å². The molecule has 0 heterocycles. The average Bonchev–Trinajstić information content (AvgIpc) is 3.43. The maximum atomic E-state index is 9.48. The van der Waals surface area contributed by atoms with Crippen LogP contribution < -0.4 is 21.3 Å². The van der Waals surface area contributed by atoms with Crippen molar-refractivity contribution in [3.05, 3.63) is 178 Å². The summed E-state index contributed by atoms with van der Waals surface area (Å²) in [6, 6.07) is 0. The Bertz CT molecular complexity index is 1890. The number of likely N-dealkylation sites (N-methyl/N-ethyl adjacent to an activating group) is 4. The first kappa shape index (κ1) is 129. The summed E-state index contributed by atoms with van der Waals surface area (Å²) in [5, 5.41) is 56.0. The van der Waals surface area contributed by atoms with E-state index in [1.807, 2.05) is 83.6 Å². The molecule has 0 spiro atoms. The molecule has 0 atom stereocenters. The van der Waals surface area contributed by atoms with Crippen molar-refractivity contribution in [3.63, 3.8) is 0 Å². The molecule has 4 aromatic rings. The molecule has 0 saturated carbocycles. The molecular formula is C81H160N4O5Ru4+4. The predicted molar refractivity (Wildman–Crippen MR) is 417 cm³/mol. The predicted octanol–water partition coefficient (Wildman–Crippen LogP) is 18.2.